The number of amides is 2. The Hall–Kier alpha value is -3.89. The molecule has 0 bridgehead atoms. The van der Waals surface area contributed by atoms with E-state index in [1.807, 2.05) is 57.3 Å². The zero-order valence-corrected chi connectivity index (χ0v) is 27.4. The van der Waals surface area contributed by atoms with Crippen molar-refractivity contribution in [2.45, 2.75) is 64.1 Å². The molecule has 11 heteroatoms. The predicted octanol–water partition coefficient (Wildman–Crippen LogP) is 4.94. The second kappa shape index (κ2) is 14.5. The molecule has 2 N–H and O–H groups in total. The molecule has 240 valence electrons. The van der Waals surface area contributed by atoms with Crippen molar-refractivity contribution in [1.82, 2.24) is 20.6 Å². The van der Waals surface area contributed by atoms with Gasteiger partial charge in [0.1, 0.15) is 5.82 Å². The number of nitrogens with one attached hydrogen (secondary N) is 2. The molecule has 1 aromatic heterocycles. The molecule has 1 aliphatic carbocycles. The molecule has 0 spiro atoms. The fourth-order valence-electron chi connectivity index (χ4n) is 6.29. The molecule has 3 aromatic rings. The Kier molecular flexibility index (Phi) is 10.5. The number of aromatic nitrogens is 2. The molecular formula is C34H43ClN6O4. The fourth-order valence-corrected chi connectivity index (χ4v) is 6.41. The number of methoxy groups -OCH3 is 1. The predicted molar refractivity (Wildman–Crippen MR) is 176 cm³/mol. The largest absolute Gasteiger partial charge is 0.493 e. The van der Waals surface area contributed by atoms with Gasteiger partial charge in [-0.25, -0.2) is 9.97 Å². The van der Waals surface area contributed by atoms with Crippen LogP contribution in [0, 0.1) is 5.92 Å². The normalized spacial score (nSPS) is 19.7. The van der Waals surface area contributed by atoms with E-state index in [0.717, 1.165) is 54.7 Å². The highest BCUT2D eigenvalue weighted by Gasteiger charge is 2.37. The number of halogens is 1. The topological polar surface area (TPSA) is 109 Å². The van der Waals surface area contributed by atoms with Gasteiger partial charge in [-0.3, -0.25) is 14.5 Å². The first-order chi connectivity index (χ1) is 21.7. The number of fused-ring (bicyclic) bond motifs is 1. The van der Waals surface area contributed by atoms with E-state index in [0.29, 0.717) is 40.8 Å². The maximum absolute atomic E-state index is 13.8. The third kappa shape index (κ3) is 7.68. The Labute approximate surface area is 270 Å². The third-order valence-corrected chi connectivity index (χ3v) is 8.86. The van der Waals surface area contributed by atoms with Gasteiger partial charge >= 0.3 is 0 Å². The molecule has 2 heterocycles. The van der Waals surface area contributed by atoms with E-state index in [1.54, 1.807) is 31.5 Å². The minimum atomic E-state index is -0.455. The van der Waals surface area contributed by atoms with Gasteiger partial charge in [0.25, 0.3) is 0 Å². The maximum atomic E-state index is 13.8. The van der Waals surface area contributed by atoms with Crippen LogP contribution in [0.1, 0.15) is 62.3 Å². The molecule has 2 amide bonds. The Morgan fingerprint density at radius 3 is 2.44 bits per heavy atom. The van der Waals surface area contributed by atoms with Gasteiger partial charge in [-0.2, -0.15) is 0 Å². The van der Waals surface area contributed by atoms with Crippen LogP contribution in [0.2, 0.25) is 5.02 Å². The van der Waals surface area contributed by atoms with E-state index in [9.17, 15) is 9.59 Å². The quantitative estimate of drug-likeness (QED) is 0.306. The summed E-state index contributed by atoms with van der Waals surface area (Å²) < 4.78 is 11.7. The van der Waals surface area contributed by atoms with Crippen LogP contribution >= 0.6 is 11.6 Å². The Bertz CT molecular complexity index is 1480. The summed E-state index contributed by atoms with van der Waals surface area (Å²) in [7, 11) is 5.29. The number of carbonyl (C=O) groups is 2. The van der Waals surface area contributed by atoms with Crippen LogP contribution in [0.4, 0.5) is 11.6 Å². The van der Waals surface area contributed by atoms with Gasteiger partial charge in [-0.15, -0.1) is 0 Å². The molecule has 0 saturated heterocycles. The molecule has 1 fully saturated rings. The molecule has 10 nitrogen and oxygen atoms in total. The van der Waals surface area contributed by atoms with Gasteiger partial charge in [0.05, 0.1) is 44.6 Å². The van der Waals surface area contributed by atoms with Gasteiger partial charge in [0.15, 0.2) is 17.3 Å². The molecule has 5 rings (SSSR count). The van der Waals surface area contributed by atoms with E-state index < -0.39 is 6.04 Å². The number of likely N-dealkylation sites (N-methyl/N-ethyl adjacent to an activating group) is 1. The van der Waals surface area contributed by atoms with Gasteiger partial charge in [0, 0.05) is 31.7 Å². The second-order valence-corrected chi connectivity index (χ2v) is 12.6. The average Bonchev–Trinajstić information content (AvgIpc) is 3.04. The molecule has 45 heavy (non-hydrogen) atoms. The lowest BCUT2D eigenvalue weighted by Crippen LogP contribution is -2.42. The summed E-state index contributed by atoms with van der Waals surface area (Å²) in [5.41, 5.74) is 2.72. The summed E-state index contributed by atoms with van der Waals surface area (Å²) in [6.45, 7) is 5.16. The van der Waals surface area contributed by atoms with Crippen LogP contribution in [0.25, 0.3) is 0 Å². The minimum absolute atomic E-state index is 0.0129. The lowest BCUT2D eigenvalue weighted by atomic mass is 9.85. The van der Waals surface area contributed by atoms with Crippen LogP contribution in [0.5, 0.6) is 11.5 Å². The number of hydrogen-bond acceptors (Lipinski definition) is 8. The lowest BCUT2D eigenvalue weighted by Gasteiger charge is -2.37. The summed E-state index contributed by atoms with van der Waals surface area (Å²) in [4.78, 5) is 38.7. The molecule has 2 aliphatic rings. The number of rotatable bonds is 11. The SMILES string of the molecule is CNC(=O)CNC1CCC(CN(C)c2cnc(N3C(=O)Cc4cc(OC)c(OC(C)C)cc4C3c3ccc(Cl)cc3)cn2)CC1. The monoisotopic (exact) mass is 634 g/mol. The lowest BCUT2D eigenvalue weighted by molar-refractivity contribution is -0.120. The molecule has 1 atom stereocenters. The van der Waals surface area contributed by atoms with Crippen molar-refractivity contribution in [1.29, 1.82) is 0 Å². The van der Waals surface area contributed by atoms with Gasteiger partial charge in [-0.05, 0) is 86.4 Å². The molecule has 2 aromatic carbocycles. The van der Waals surface area contributed by atoms with Gasteiger partial charge < -0.3 is 25.0 Å². The van der Waals surface area contributed by atoms with Crippen LogP contribution in [0.3, 0.4) is 0 Å². The number of nitrogens with zero attached hydrogens (tertiary/aromatic N) is 4. The van der Waals surface area contributed by atoms with E-state index in [2.05, 4.69) is 15.5 Å². The van der Waals surface area contributed by atoms with Crippen molar-refractivity contribution in [2.75, 3.05) is 44.1 Å². The Morgan fingerprint density at radius 1 is 1.09 bits per heavy atom. The molecule has 1 unspecified atom stereocenters. The highest BCUT2D eigenvalue weighted by Crippen LogP contribution is 2.43. The number of anilines is 2. The first-order valence-corrected chi connectivity index (χ1v) is 16.0. The van der Waals surface area contributed by atoms with Crippen LogP contribution < -0.4 is 29.9 Å². The van der Waals surface area contributed by atoms with Crippen LogP contribution in [0.15, 0.2) is 48.8 Å². The van der Waals surface area contributed by atoms with Crippen molar-refractivity contribution >= 4 is 35.1 Å². The summed E-state index contributed by atoms with van der Waals surface area (Å²) >= 11 is 6.25. The molecule has 1 saturated carbocycles. The fraction of sp³-hybridized carbons (Fsp3) is 0.471. The first kappa shape index (κ1) is 32.5. The van der Waals surface area contributed by atoms with Crippen molar-refractivity contribution in [3.8, 4) is 11.5 Å². The van der Waals surface area contributed by atoms with E-state index in [4.69, 9.17) is 31.0 Å². The van der Waals surface area contributed by atoms with Crippen molar-refractivity contribution < 1.29 is 19.1 Å². The van der Waals surface area contributed by atoms with E-state index in [1.165, 1.54) is 0 Å². The highest BCUT2D eigenvalue weighted by molar-refractivity contribution is 6.30. The zero-order valence-electron chi connectivity index (χ0n) is 26.7. The van der Waals surface area contributed by atoms with Crippen LogP contribution in [-0.2, 0) is 16.0 Å². The average molecular weight is 635 g/mol. The third-order valence-electron chi connectivity index (χ3n) is 8.61. The Morgan fingerprint density at radius 2 is 1.82 bits per heavy atom. The minimum Gasteiger partial charge on any atom is -0.493 e. The van der Waals surface area contributed by atoms with Gasteiger partial charge in [-0.1, -0.05) is 23.7 Å². The smallest absolute Gasteiger partial charge is 0.233 e. The summed E-state index contributed by atoms with van der Waals surface area (Å²) in [5, 5.41) is 6.63. The number of benzene rings is 2. The van der Waals surface area contributed by atoms with E-state index in [-0.39, 0.29) is 24.3 Å². The number of hydrogen-bond donors (Lipinski definition) is 2. The van der Waals surface area contributed by atoms with Crippen molar-refractivity contribution in [2.24, 2.45) is 5.92 Å². The molecule has 0 radical (unpaired) electrons. The summed E-state index contributed by atoms with van der Waals surface area (Å²) in [6.07, 6.45) is 7.82. The van der Waals surface area contributed by atoms with Crippen molar-refractivity contribution in [3.63, 3.8) is 0 Å². The zero-order chi connectivity index (χ0) is 32.1. The summed E-state index contributed by atoms with van der Waals surface area (Å²) in [6, 6.07) is 11.3. The Balaban J connectivity index is 1.36. The van der Waals surface area contributed by atoms with E-state index >= 15 is 0 Å². The first-order valence-electron chi connectivity index (χ1n) is 15.6. The van der Waals surface area contributed by atoms with Crippen molar-refractivity contribution in [3.05, 3.63) is 70.5 Å². The molecular weight excluding hydrogens is 592 g/mol. The number of carbonyl (C=O) groups excluding carboxylic acids is 2. The maximum Gasteiger partial charge on any atom is 0.233 e. The van der Waals surface area contributed by atoms with Crippen LogP contribution in [-0.4, -0.2) is 68.2 Å². The van der Waals surface area contributed by atoms with Gasteiger partial charge in [0.2, 0.25) is 11.8 Å². The number of ether oxygens (including phenoxy) is 2. The standard InChI is InChI=1S/C34H43ClN6O4/c1-21(2)45-29-16-27-24(14-28(29)44-5)15-33(43)41(34(27)23-8-10-25(35)11-9-23)31-18-38-30(17-39-31)40(4)20-22-6-12-26(13-7-22)37-19-32(42)36-3/h8-11,14,16-18,21-22,26,34,37H,6-7,12-13,15,19-20H2,1-5H3,(H,36,42). The second-order valence-electron chi connectivity index (χ2n) is 12.1. The molecule has 1 aliphatic heterocycles. The summed E-state index contributed by atoms with van der Waals surface area (Å²) in [5.74, 6) is 2.91. The highest BCUT2D eigenvalue weighted by atomic mass is 35.5.